The summed E-state index contributed by atoms with van der Waals surface area (Å²) in [5.74, 6) is -0.172. The first-order valence-corrected chi connectivity index (χ1v) is 7.60. The number of imidazole rings is 1. The van der Waals surface area contributed by atoms with Crippen LogP contribution in [0, 0.1) is 0 Å². The Balaban J connectivity index is 2.22. The molecule has 2 aromatic rings. The number of nitrogens with zero attached hydrogens (tertiary/aromatic N) is 1. The predicted molar refractivity (Wildman–Crippen MR) is 86.5 cm³/mol. The topological polar surface area (TPSA) is 45.8 Å². The maximum Gasteiger partial charge on any atom is 0.135 e. The van der Waals surface area contributed by atoms with Gasteiger partial charge in [0.05, 0.1) is 11.7 Å². The molecule has 3 nitrogen and oxygen atoms in total. The van der Waals surface area contributed by atoms with Gasteiger partial charge >= 0.3 is 0 Å². The van der Waals surface area contributed by atoms with Gasteiger partial charge in [-0.1, -0.05) is 51.8 Å². The molecule has 0 spiro atoms. The molecule has 0 bridgehead atoms. The normalized spacial score (nSPS) is 24.2. The van der Waals surface area contributed by atoms with E-state index in [9.17, 15) is 4.79 Å². The van der Waals surface area contributed by atoms with Crippen LogP contribution < -0.4 is 0 Å². The highest BCUT2D eigenvalue weighted by Gasteiger charge is 2.41. The van der Waals surface area contributed by atoms with Crippen molar-refractivity contribution < 1.29 is 4.79 Å². The number of benzene rings is 1. The summed E-state index contributed by atoms with van der Waals surface area (Å²) in [4.78, 5) is 19.2. The highest BCUT2D eigenvalue weighted by molar-refractivity contribution is 9.10. The maximum atomic E-state index is 12.1. The molecule has 1 aromatic heterocycles. The molecule has 1 aliphatic carbocycles. The fourth-order valence-electron chi connectivity index (χ4n) is 2.71. The third kappa shape index (κ3) is 2.39. The summed E-state index contributed by atoms with van der Waals surface area (Å²) >= 11 is 9.81. The minimum absolute atomic E-state index is 0.172. The maximum absolute atomic E-state index is 12.1. The molecular weight excluding hydrogens is 352 g/mol. The number of carbonyl (C=O) groups excluding carboxylic acids is 1. The summed E-state index contributed by atoms with van der Waals surface area (Å²) < 4.78 is 0.884. The fourth-order valence-corrected chi connectivity index (χ4v) is 3.36. The Morgan fingerprint density at radius 2 is 2.24 bits per heavy atom. The van der Waals surface area contributed by atoms with E-state index in [4.69, 9.17) is 11.6 Å². The third-order valence-corrected chi connectivity index (χ3v) is 4.57. The van der Waals surface area contributed by atoms with Crippen molar-refractivity contribution in [3.63, 3.8) is 0 Å². The van der Waals surface area contributed by atoms with Gasteiger partial charge in [-0.05, 0) is 23.8 Å². The molecule has 0 radical (unpaired) electrons. The molecular formula is C16H12BrClN2O. The van der Waals surface area contributed by atoms with Crippen molar-refractivity contribution in [1.29, 1.82) is 0 Å². The zero-order chi connectivity index (χ0) is 14.9. The third-order valence-electron chi connectivity index (χ3n) is 3.75. The van der Waals surface area contributed by atoms with E-state index in [1.165, 1.54) is 0 Å². The molecule has 1 heterocycles. The van der Waals surface area contributed by atoms with Gasteiger partial charge in [0.2, 0.25) is 0 Å². The van der Waals surface area contributed by atoms with Gasteiger partial charge in [0.25, 0.3) is 0 Å². The number of hydrogen-bond donors (Lipinski definition) is 1. The smallest absolute Gasteiger partial charge is 0.135 e. The van der Waals surface area contributed by atoms with Crippen molar-refractivity contribution in [1.82, 2.24) is 9.97 Å². The van der Waals surface area contributed by atoms with Crippen LogP contribution in [0.1, 0.15) is 17.2 Å². The summed E-state index contributed by atoms with van der Waals surface area (Å²) in [5.41, 5.74) is 0.801. The van der Waals surface area contributed by atoms with Gasteiger partial charge in [-0.25, -0.2) is 4.98 Å². The monoisotopic (exact) mass is 362 g/mol. The zero-order valence-corrected chi connectivity index (χ0v) is 13.3. The van der Waals surface area contributed by atoms with Gasteiger partial charge < -0.3 is 9.78 Å². The van der Waals surface area contributed by atoms with E-state index in [0.29, 0.717) is 5.02 Å². The average Bonchev–Trinajstić information content (AvgIpc) is 3.03. The standard InChI is InChI=1S/C16H12BrClN2O/c17-11-4-5-14(18)13(7-11)16(9-21)6-2-1-3-12(16)15-8-19-10-20-15/h1-10,12H,(H,19,20). The highest BCUT2D eigenvalue weighted by Crippen LogP contribution is 2.44. The average molecular weight is 364 g/mol. The SMILES string of the molecule is O=CC1(c2cc(Br)ccc2Cl)C=CC=CC1c1cnc[nH]1. The number of aromatic amines is 1. The summed E-state index contributed by atoms with van der Waals surface area (Å²) in [5, 5.41) is 0.565. The minimum Gasteiger partial charge on any atom is -0.348 e. The van der Waals surface area contributed by atoms with Crippen LogP contribution in [0.3, 0.4) is 0 Å². The van der Waals surface area contributed by atoms with Crippen LogP contribution in [0.15, 0.2) is 59.5 Å². The second-order valence-electron chi connectivity index (χ2n) is 4.90. The number of aromatic nitrogens is 2. The lowest BCUT2D eigenvalue weighted by Gasteiger charge is -2.34. The Morgan fingerprint density at radius 1 is 1.38 bits per heavy atom. The molecule has 1 aromatic carbocycles. The predicted octanol–water partition coefficient (Wildman–Crippen LogP) is 4.17. The second kappa shape index (κ2) is 5.62. The number of H-pyrrole nitrogens is 1. The van der Waals surface area contributed by atoms with Crippen LogP contribution in [-0.4, -0.2) is 16.3 Å². The Labute approximate surface area is 135 Å². The van der Waals surface area contributed by atoms with E-state index >= 15 is 0 Å². The van der Waals surface area contributed by atoms with E-state index in [2.05, 4.69) is 25.9 Å². The summed E-state index contributed by atoms with van der Waals surface area (Å²) in [6.45, 7) is 0. The molecule has 3 rings (SSSR count). The van der Waals surface area contributed by atoms with Gasteiger partial charge in [0.1, 0.15) is 6.29 Å². The van der Waals surface area contributed by atoms with E-state index in [1.54, 1.807) is 18.6 Å². The van der Waals surface area contributed by atoms with Crippen LogP contribution in [0.4, 0.5) is 0 Å². The quantitative estimate of drug-likeness (QED) is 0.832. The Morgan fingerprint density at radius 3 is 2.95 bits per heavy atom. The van der Waals surface area contributed by atoms with Crippen LogP contribution >= 0.6 is 27.5 Å². The van der Waals surface area contributed by atoms with Gasteiger partial charge in [0, 0.05) is 27.3 Å². The van der Waals surface area contributed by atoms with E-state index < -0.39 is 5.41 Å². The number of halogens is 2. The van der Waals surface area contributed by atoms with Crippen molar-refractivity contribution in [3.8, 4) is 0 Å². The van der Waals surface area contributed by atoms with Crippen molar-refractivity contribution in [2.45, 2.75) is 11.3 Å². The molecule has 5 heteroatoms. The fraction of sp³-hybridized carbons (Fsp3) is 0.125. The van der Waals surface area contributed by atoms with Crippen LogP contribution in [0.5, 0.6) is 0 Å². The first-order valence-electron chi connectivity index (χ1n) is 6.43. The molecule has 0 saturated heterocycles. The van der Waals surface area contributed by atoms with E-state index in [1.807, 2.05) is 36.4 Å². The second-order valence-corrected chi connectivity index (χ2v) is 6.23. The molecule has 1 N–H and O–H groups in total. The van der Waals surface area contributed by atoms with Gasteiger partial charge in [0.15, 0.2) is 0 Å². The van der Waals surface area contributed by atoms with Crippen molar-refractivity contribution in [3.05, 3.63) is 75.8 Å². The van der Waals surface area contributed by atoms with Gasteiger partial charge in [-0.3, -0.25) is 0 Å². The molecule has 2 unspecified atom stereocenters. The molecule has 21 heavy (non-hydrogen) atoms. The summed E-state index contributed by atoms with van der Waals surface area (Å²) in [6, 6.07) is 5.55. The largest absolute Gasteiger partial charge is 0.348 e. The van der Waals surface area contributed by atoms with Crippen LogP contribution in [-0.2, 0) is 10.2 Å². The number of hydrogen-bond acceptors (Lipinski definition) is 2. The number of allylic oxidation sites excluding steroid dienone is 4. The minimum atomic E-state index is -0.845. The Kier molecular flexibility index (Phi) is 3.83. The summed E-state index contributed by atoms with van der Waals surface area (Å²) in [6.07, 6.45) is 12.0. The first kappa shape index (κ1) is 14.3. The Hall–Kier alpha value is -1.65. The number of aldehydes is 1. The highest BCUT2D eigenvalue weighted by atomic mass is 79.9. The lowest BCUT2D eigenvalue weighted by Crippen LogP contribution is -2.34. The van der Waals surface area contributed by atoms with Crippen molar-refractivity contribution in [2.24, 2.45) is 0 Å². The van der Waals surface area contributed by atoms with E-state index in [-0.39, 0.29) is 5.92 Å². The van der Waals surface area contributed by atoms with E-state index in [0.717, 1.165) is 22.0 Å². The number of nitrogens with one attached hydrogen (secondary N) is 1. The van der Waals surface area contributed by atoms with Crippen LogP contribution in [0.25, 0.3) is 0 Å². The Bertz CT molecular complexity index is 724. The number of rotatable bonds is 3. The molecule has 2 atom stereocenters. The van der Waals surface area contributed by atoms with Crippen LogP contribution in [0.2, 0.25) is 5.02 Å². The lowest BCUT2D eigenvalue weighted by atomic mass is 9.68. The molecule has 0 amide bonds. The van der Waals surface area contributed by atoms with Crippen molar-refractivity contribution in [2.75, 3.05) is 0 Å². The molecule has 0 aliphatic heterocycles. The summed E-state index contributed by atoms with van der Waals surface area (Å²) in [7, 11) is 0. The molecule has 106 valence electrons. The van der Waals surface area contributed by atoms with Gasteiger partial charge in [-0.2, -0.15) is 0 Å². The van der Waals surface area contributed by atoms with Gasteiger partial charge in [-0.15, -0.1) is 0 Å². The molecule has 1 aliphatic rings. The molecule has 0 saturated carbocycles. The molecule has 0 fully saturated rings. The van der Waals surface area contributed by atoms with Crippen molar-refractivity contribution >= 4 is 33.8 Å². The zero-order valence-electron chi connectivity index (χ0n) is 11.0. The first-order chi connectivity index (χ1) is 10.2. The number of carbonyl (C=O) groups is 1. The lowest BCUT2D eigenvalue weighted by molar-refractivity contribution is -0.111.